The summed E-state index contributed by atoms with van der Waals surface area (Å²) in [6, 6.07) is 13.2. The molecule has 30 heavy (non-hydrogen) atoms. The molecule has 0 radical (unpaired) electrons. The van der Waals surface area contributed by atoms with Crippen LogP contribution in [0.15, 0.2) is 48.7 Å². The number of hydrogen-bond donors (Lipinski definition) is 1. The lowest BCUT2D eigenvalue weighted by molar-refractivity contribution is 0.0948. The van der Waals surface area contributed by atoms with Gasteiger partial charge in [-0.15, -0.1) is 0 Å². The molecule has 1 aliphatic heterocycles. The van der Waals surface area contributed by atoms with E-state index in [1.165, 1.54) is 8.61 Å². The SMILES string of the molecule is CCN(CC)S(=O)(=O)N1CCC[C@H](c2ncccc2C(=O)NCc2ccccc2)C1. The molecule has 1 aliphatic rings. The maximum Gasteiger partial charge on any atom is 0.281 e. The molecule has 0 aliphatic carbocycles. The summed E-state index contributed by atoms with van der Waals surface area (Å²) in [6.45, 7) is 5.84. The lowest BCUT2D eigenvalue weighted by Crippen LogP contribution is -2.47. The Kier molecular flexibility index (Phi) is 7.58. The number of carbonyl (C=O) groups excluding carboxylic acids is 1. The summed E-state index contributed by atoms with van der Waals surface area (Å²) < 4.78 is 28.9. The van der Waals surface area contributed by atoms with Crippen molar-refractivity contribution in [3.05, 3.63) is 65.5 Å². The third kappa shape index (κ3) is 5.06. The molecule has 1 atom stereocenters. The predicted molar refractivity (Wildman–Crippen MR) is 117 cm³/mol. The molecule has 8 heteroatoms. The number of carbonyl (C=O) groups is 1. The fraction of sp³-hybridized carbons (Fsp3) is 0.455. The Morgan fingerprint density at radius 2 is 1.90 bits per heavy atom. The molecule has 1 aromatic carbocycles. The Balaban J connectivity index is 1.77. The van der Waals surface area contributed by atoms with Gasteiger partial charge in [0.15, 0.2) is 0 Å². The van der Waals surface area contributed by atoms with E-state index in [1.807, 2.05) is 44.2 Å². The molecule has 1 saturated heterocycles. The molecule has 0 unspecified atom stereocenters. The molecule has 3 rings (SSSR count). The van der Waals surface area contributed by atoms with Crippen LogP contribution < -0.4 is 5.32 Å². The molecule has 1 N–H and O–H groups in total. The zero-order chi connectivity index (χ0) is 21.6. The van der Waals surface area contributed by atoms with E-state index >= 15 is 0 Å². The van der Waals surface area contributed by atoms with Crippen molar-refractivity contribution in [2.75, 3.05) is 26.2 Å². The maximum absolute atomic E-state index is 13.0. The molecule has 0 spiro atoms. The first-order valence-corrected chi connectivity index (χ1v) is 11.9. The number of rotatable bonds is 8. The number of aromatic nitrogens is 1. The van der Waals surface area contributed by atoms with Crippen LogP contribution in [0.3, 0.4) is 0 Å². The minimum Gasteiger partial charge on any atom is -0.348 e. The topological polar surface area (TPSA) is 82.6 Å². The Hall–Kier alpha value is -2.29. The number of nitrogens with zero attached hydrogens (tertiary/aromatic N) is 3. The van der Waals surface area contributed by atoms with Crippen LogP contribution in [0, 0.1) is 0 Å². The van der Waals surface area contributed by atoms with Gasteiger partial charge < -0.3 is 5.32 Å². The second kappa shape index (κ2) is 10.1. The highest BCUT2D eigenvalue weighted by molar-refractivity contribution is 7.86. The molecular formula is C22H30N4O3S. The minimum atomic E-state index is -3.51. The van der Waals surface area contributed by atoms with Gasteiger partial charge in [-0.05, 0) is 30.5 Å². The van der Waals surface area contributed by atoms with Crippen LogP contribution >= 0.6 is 0 Å². The lowest BCUT2D eigenvalue weighted by Gasteiger charge is -2.35. The zero-order valence-electron chi connectivity index (χ0n) is 17.6. The van der Waals surface area contributed by atoms with Gasteiger partial charge in [0, 0.05) is 44.8 Å². The van der Waals surface area contributed by atoms with E-state index < -0.39 is 10.2 Å². The van der Waals surface area contributed by atoms with Gasteiger partial charge in [0.25, 0.3) is 16.1 Å². The van der Waals surface area contributed by atoms with Crippen molar-refractivity contribution in [1.29, 1.82) is 0 Å². The highest BCUT2D eigenvalue weighted by atomic mass is 32.2. The summed E-state index contributed by atoms with van der Waals surface area (Å²) in [5.74, 6) is -0.298. The third-order valence-corrected chi connectivity index (χ3v) is 7.66. The van der Waals surface area contributed by atoms with E-state index in [-0.39, 0.29) is 11.8 Å². The van der Waals surface area contributed by atoms with E-state index in [4.69, 9.17) is 0 Å². The van der Waals surface area contributed by atoms with Crippen LogP contribution in [0.25, 0.3) is 0 Å². The predicted octanol–water partition coefficient (Wildman–Crippen LogP) is 2.78. The standard InChI is InChI=1S/C22H30N4O3S/c1-3-25(4-2)30(28,29)26-15-9-12-19(17-26)21-20(13-8-14-23-21)22(27)24-16-18-10-6-5-7-11-18/h5-8,10-11,13-14,19H,3-4,9,12,15-17H2,1-2H3,(H,24,27)/t19-/m0/s1. The Labute approximate surface area is 179 Å². The number of piperidine rings is 1. The van der Waals surface area contributed by atoms with E-state index in [0.29, 0.717) is 44.0 Å². The fourth-order valence-corrected chi connectivity index (χ4v) is 5.60. The number of hydrogen-bond acceptors (Lipinski definition) is 4. The summed E-state index contributed by atoms with van der Waals surface area (Å²) in [5.41, 5.74) is 2.20. The van der Waals surface area contributed by atoms with Crippen LogP contribution in [0.1, 0.15) is 54.2 Å². The van der Waals surface area contributed by atoms with Crippen LogP contribution in [0.5, 0.6) is 0 Å². The molecule has 162 valence electrons. The first-order chi connectivity index (χ1) is 14.5. The van der Waals surface area contributed by atoms with E-state index in [1.54, 1.807) is 18.3 Å². The van der Waals surface area contributed by atoms with Gasteiger partial charge in [0.2, 0.25) is 0 Å². The van der Waals surface area contributed by atoms with Crippen molar-refractivity contribution in [2.45, 2.75) is 39.2 Å². The average Bonchev–Trinajstić information content (AvgIpc) is 2.79. The van der Waals surface area contributed by atoms with Gasteiger partial charge in [-0.1, -0.05) is 44.2 Å². The van der Waals surface area contributed by atoms with Gasteiger partial charge in [-0.25, -0.2) is 0 Å². The van der Waals surface area contributed by atoms with E-state index in [9.17, 15) is 13.2 Å². The highest BCUT2D eigenvalue weighted by Gasteiger charge is 2.34. The molecule has 2 heterocycles. The Bertz CT molecular complexity index is 946. The minimum absolute atomic E-state index is 0.109. The monoisotopic (exact) mass is 430 g/mol. The van der Waals surface area contributed by atoms with Crippen molar-refractivity contribution >= 4 is 16.1 Å². The van der Waals surface area contributed by atoms with Crippen LogP contribution in [0.2, 0.25) is 0 Å². The lowest BCUT2D eigenvalue weighted by atomic mass is 9.92. The number of benzene rings is 1. The summed E-state index contributed by atoms with van der Waals surface area (Å²) in [7, 11) is -3.51. The molecule has 1 fully saturated rings. The normalized spacial score (nSPS) is 17.8. The van der Waals surface area contributed by atoms with Crippen molar-refractivity contribution in [2.24, 2.45) is 0 Å². The van der Waals surface area contributed by atoms with E-state index in [2.05, 4.69) is 10.3 Å². The zero-order valence-corrected chi connectivity index (χ0v) is 18.4. The van der Waals surface area contributed by atoms with Crippen LogP contribution in [-0.2, 0) is 16.8 Å². The molecule has 7 nitrogen and oxygen atoms in total. The number of nitrogens with one attached hydrogen (secondary N) is 1. The number of pyridine rings is 1. The van der Waals surface area contributed by atoms with Crippen molar-refractivity contribution < 1.29 is 13.2 Å². The molecule has 2 aromatic rings. The second-order valence-corrected chi connectivity index (χ2v) is 9.32. The molecular weight excluding hydrogens is 400 g/mol. The molecule has 0 saturated carbocycles. The molecule has 0 bridgehead atoms. The Morgan fingerprint density at radius 3 is 2.60 bits per heavy atom. The molecule has 1 amide bonds. The summed E-state index contributed by atoms with van der Waals surface area (Å²) in [5, 5.41) is 2.95. The van der Waals surface area contributed by atoms with Gasteiger partial charge in [-0.3, -0.25) is 9.78 Å². The van der Waals surface area contributed by atoms with Crippen molar-refractivity contribution in [3.8, 4) is 0 Å². The van der Waals surface area contributed by atoms with Gasteiger partial charge in [0.1, 0.15) is 0 Å². The largest absolute Gasteiger partial charge is 0.348 e. The third-order valence-electron chi connectivity index (χ3n) is 5.51. The van der Waals surface area contributed by atoms with Gasteiger partial charge >= 0.3 is 0 Å². The Morgan fingerprint density at radius 1 is 1.17 bits per heavy atom. The quantitative estimate of drug-likeness (QED) is 0.698. The first kappa shape index (κ1) is 22.4. The fourth-order valence-electron chi connectivity index (χ4n) is 3.90. The number of amides is 1. The van der Waals surface area contributed by atoms with Crippen molar-refractivity contribution in [1.82, 2.24) is 18.9 Å². The molecule has 1 aromatic heterocycles. The second-order valence-electron chi connectivity index (χ2n) is 7.39. The highest BCUT2D eigenvalue weighted by Crippen LogP contribution is 2.30. The first-order valence-electron chi connectivity index (χ1n) is 10.5. The van der Waals surface area contributed by atoms with Crippen LogP contribution in [0.4, 0.5) is 0 Å². The van der Waals surface area contributed by atoms with E-state index in [0.717, 1.165) is 18.4 Å². The summed E-state index contributed by atoms with van der Waals surface area (Å²) in [6.07, 6.45) is 3.22. The van der Waals surface area contributed by atoms with Gasteiger partial charge in [0.05, 0.1) is 11.3 Å². The van der Waals surface area contributed by atoms with Crippen molar-refractivity contribution in [3.63, 3.8) is 0 Å². The average molecular weight is 431 g/mol. The van der Waals surface area contributed by atoms with Crippen LogP contribution in [-0.4, -0.2) is 54.1 Å². The van der Waals surface area contributed by atoms with Gasteiger partial charge in [-0.2, -0.15) is 17.0 Å². The maximum atomic E-state index is 13.0. The smallest absolute Gasteiger partial charge is 0.281 e. The summed E-state index contributed by atoms with van der Waals surface area (Å²) in [4.78, 5) is 17.4. The summed E-state index contributed by atoms with van der Waals surface area (Å²) >= 11 is 0.